The Hall–Kier alpha value is -2.27. The smallest absolute Gasteiger partial charge is 0.245 e. The van der Waals surface area contributed by atoms with Gasteiger partial charge in [0, 0.05) is 50.5 Å². The minimum absolute atomic E-state index is 0.0118. The van der Waals surface area contributed by atoms with E-state index in [4.69, 9.17) is 0 Å². The van der Waals surface area contributed by atoms with Crippen LogP contribution in [0.1, 0.15) is 0 Å². The highest BCUT2D eigenvalue weighted by molar-refractivity contribution is 7.91. The molecule has 0 spiro atoms. The molecule has 154 valence electrons. The first-order valence-corrected chi connectivity index (χ1v) is 12.4. The van der Waals surface area contributed by atoms with Gasteiger partial charge in [-0.25, -0.2) is 21.8 Å². The fraction of sp³-hybridized carbons (Fsp3) is 0.316. The molecule has 4 rings (SSSR count). The Bertz CT molecular complexity index is 1200. The van der Waals surface area contributed by atoms with Crippen LogP contribution in [0.4, 0.5) is 0 Å². The molecule has 1 aromatic carbocycles. The molecule has 0 amide bonds. The first kappa shape index (κ1) is 20.0. The summed E-state index contributed by atoms with van der Waals surface area (Å²) in [6.45, 7) is 2.00. The van der Waals surface area contributed by atoms with Gasteiger partial charge >= 0.3 is 0 Å². The lowest BCUT2D eigenvalue weighted by molar-refractivity contribution is 0.197. The zero-order chi connectivity index (χ0) is 20.5. The van der Waals surface area contributed by atoms with Crippen LogP contribution in [0.25, 0.3) is 11.0 Å². The Labute approximate surface area is 170 Å². The summed E-state index contributed by atoms with van der Waals surface area (Å²) in [5.41, 5.74) is 0.538. The van der Waals surface area contributed by atoms with E-state index in [1.807, 2.05) is 4.90 Å². The van der Waals surface area contributed by atoms with Gasteiger partial charge in [0.2, 0.25) is 10.0 Å². The number of hydrogen-bond acceptors (Lipinski definition) is 6. The van der Waals surface area contributed by atoms with Crippen LogP contribution in [0, 0.1) is 0 Å². The van der Waals surface area contributed by atoms with Gasteiger partial charge in [-0.05, 0) is 24.3 Å². The number of benzene rings is 1. The van der Waals surface area contributed by atoms with Gasteiger partial charge in [-0.2, -0.15) is 4.31 Å². The number of nitrogens with one attached hydrogen (secondary N) is 1. The van der Waals surface area contributed by atoms with Gasteiger partial charge in [0.15, 0.2) is 9.84 Å². The molecule has 29 heavy (non-hydrogen) atoms. The number of hydrogen-bond donors (Lipinski definition) is 1. The van der Waals surface area contributed by atoms with E-state index in [9.17, 15) is 16.8 Å². The van der Waals surface area contributed by atoms with Crippen molar-refractivity contribution in [2.24, 2.45) is 0 Å². The number of rotatable bonds is 6. The zero-order valence-electron chi connectivity index (χ0n) is 15.7. The van der Waals surface area contributed by atoms with Crippen LogP contribution in [0.2, 0.25) is 0 Å². The summed E-state index contributed by atoms with van der Waals surface area (Å²) in [5.74, 6) is 0.0118. The van der Waals surface area contributed by atoms with Crippen LogP contribution in [-0.4, -0.2) is 74.5 Å². The highest BCUT2D eigenvalue weighted by Gasteiger charge is 2.31. The number of aromatic amines is 1. The Morgan fingerprint density at radius 1 is 0.931 bits per heavy atom. The van der Waals surface area contributed by atoms with E-state index in [1.54, 1.807) is 48.7 Å². The second-order valence-corrected chi connectivity index (χ2v) is 10.9. The molecule has 1 saturated heterocycles. The first-order chi connectivity index (χ1) is 13.9. The Morgan fingerprint density at radius 3 is 2.38 bits per heavy atom. The number of fused-ring (bicyclic) bond motifs is 1. The summed E-state index contributed by atoms with van der Waals surface area (Å²) in [5, 5.41) is 0.573. The SMILES string of the molecule is O=S(=O)(CCN1CCN(S(=O)(=O)c2c[nH]c3ncccc23)CC1)c1ccccc1. The van der Waals surface area contributed by atoms with Crippen molar-refractivity contribution in [3.8, 4) is 0 Å². The lowest BCUT2D eigenvalue weighted by Gasteiger charge is -2.33. The molecule has 8 nitrogen and oxygen atoms in total. The summed E-state index contributed by atoms with van der Waals surface area (Å²) < 4.78 is 52.4. The van der Waals surface area contributed by atoms with E-state index < -0.39 is 19.9 Å². The van der Waals surface area contributed by atoms with Crippen LogP contribution in [0.5, 0.6) is 0 Å². The third-order valence-corrected chi connectivity index (χ3v) is 8.79. The fourth-order valence-corrected chi connectivity index (χ4v) is 6.35. The maximum atomic E-state index is 13.0. The monoisotopic (exact) mass is 434 g/mol. The van der Waals surface area contributed by atoms with E-state index in [2.05, 4.69) is 9.97 Å². The predicted molar refractivity (Wildman–Crippen MR) is 110 cm³/mol. The van der Waals surface area contributed by atoms with E-state index >= 15 is 0 Å². The Kier molecular flexibility index (Phi) is 5.43. The van der Waals surface area contributed by atoms with E-state index in [0.29, 0.717) is 48.7 Å². The third kappa shape index (κ3) is 4.06. The number of sulfonamides is 1. The van der Waals surface area contributed by atoms with Crippen molar-refractivity contribution in [3.05, 3.63) is 54.9 Å². The summed E-state index contributed by atoms with van der Waals surface area (Å²) in [6.07, 6.45) is 3.09. The molecule has 0 atom stereocenters. The number of nitrogens with zero attached hydrogens (tertiary/aromatic N) is 3. The van der Waals surface area contributed by atoms with Crippen LogP contribution in [0.15, 0.2) is 64.6 Å². The van der Waals surface area contributed by atoms with Crippen LogP contribution < -0.4 is 0 Å². The van der Waals surface area contributed by atoms with Gasteiger partial charge in [0.1, 0.15) is 10.5 Å². The number of piperazine rings is 1. The molecule has 2 aromatic heterocycles. The number of aromatic nitrogens is 2. The van der Waals surface area contributed by atoms with Crippen LogP contribution in [-0.2, 0) is 19.9 Å². The molecule has 0 saturated carbocycles. The summed E-state index contributed by atoms with van der Waals surface area (Å²) in [6, 6.07) is 11.8. The van der Waals surface area contributed by atoms with E-state index in [1.165, 1.54) is 10.5 Å². The van der Waals surface area contributed by atoms with Crippen molar-refractivity contribution in [1.29, 1.82) is 0 Å². The van der Waals surface area contributed by atoms with Crippen LogP contribution >= 0.6 is 0 Å². The molecule has 1 aliphatic heterocycles. The van der Waals surface area contributed by atoms with E-state index in [-0.39, 0.29) is 10.6 Å². The highest BCUT2D eigenvalue weighted by atomic mass is 32.2. The van der Waals surface area contributed by atoms with Gasteiger partial charge in [0.25, 0.3) is 0 Å². The molecule has 0 radical (unpaired) electrons. The second kappa shape index (κ2) is 7.86. The van der Waals surface area contributed by atoms with Crippen molar-refractivity contribution in [2.45, 2.75) is 9.79 Å². The van der Waals surface area contributed by atoms with Crippen molar-refractivity contribution < 1.29 is 16.8 Å². The van der Waals surface area contributed by atoms with Crippen LogP contribution in [0.3, 0.4) is 0 Å². The van der Waals surface area contributed by atoms with E-state index in [0.717, 1.165) is 0 Å². The molecular formula is C19H22N4O4S2. The number of H-pyrrole nitrogens is 1. The maximum absolute atomic E-state index is 13.0. The van der Waals surface area contributed by atoms with Crippen molar-refractivity contribution in [3.63, 3.8) is 0 Å². The summed E-state index contributed by atoms with van der Waals surface area (Å²) in [4.78, 5) is 9.57. The second-order valence-electron chi connectivity index (χ2n) is 6.93. The molecule has 0 aliphatic carbocycles. The van der Waals surface area contributed by atoms with Gasteiger partial charge in [-0.15, -0.1) is 0 Å². The summed E-state index contributed by atoms with van der Waals surface area (Å²) >= 11 is 0. The first-order valence-electron chi connectivity index (χ1n) is 9.30. The maximum Gasteiger partial charge on any atom is 0.245 e. The predicted octanol–water partition coefficient (Wildman–Crippen LogP) is 1.34. The molecule has 1 N–H and O–H groups in total. The Morgan fingerprint density at radius 2 is 1.66 bits per heavy atom. The van der Waals surface area contributed by atoms with Crippen molar-refractivity contribution in [1.82, 2.24) is 19.2 Å². The average molecular weight is 435 g/mol. The van der Waals surface area contributed by atoms with Gasteiger partial charge < -0.3 is 4.98 Å². The molecular weight excluding hydrogens is 412 g/mol. The normalized spacial score (nSPS) is 17.0. The van der Waals surface area contributed by atoms with Crippen molar-refractivity contribution in [2.75, 3.05) is 38.5 Å². The topological polar surface area (TPSA) is 103 Å². The summed E-state index contributed by atoms with van der Waals surface area (Å²) in [7, 11) is -6.98. The van der Waals surface area contributed by atoms with Crippen molar-refractivity contribution >= 4 is 30.9 Å². The Balaban J connectivity index is 1.39. The fourth-order valence-electron chi connectivity index (χ4n) is 3.47. The van der Waals surface area contributed by atoms with Gasteiger partial charge in [-0.1, -0.05) is 18.2 Å². The lowest BCUT2D eigenvalue weighted by Crippen LogP contribution is -2.49. The lowest BCUT2D eigenvalue weighted by atomic mass is 10.3. The molecule has 1 fully saturated rings. The molecule has 3 heterocycles. The van der Waals surface area contributed by atoms with Gasteiger partial charge in [-0.3, -0.25) is 4.90 Å². The molecule has 0 unspecified atom stereocenters. The zero-order valence-corrected chi connectivity index (χ0v) is 17.4. The van der Waals surface area contributed by atoms with Gasteiger partial charge in [0.05, 0.1) is 10.6 Å². The largest absolute Gasteiger partial charge is 0.345 e. The molecule has 3 aromatic rings. The highest BCUT2D eigenvalue weighted by Crippen LogP contribution is 2.25. The standard InChI is InChI=1S/C19H22N4O4S2/c24-28(25,16-5-2-1-3-6-16)14-13-22-9-11-23(12-10-22)29(26,27)18-15-21-19-17(18)7-4-8-20-19/h1-8,15H,9-14H2,(H,20,21). The molecule has 1 aliphatic rings. The quantitative estimate of drug-likeness (QED) is 0.628. The average Bonchev–Trinajstić information content (AvgIpc) is 3.18. The number of pyridine rings is 1. The number of sulfone groups is 1. The molecule has 10 heteroatoms. The third-order valence-electron chi connectivity index (χ3n) is 5.14. The minimum atomic E-state index is -3.64. The molecule has 0 bridgehead atoms. The minimum Gasteiger partial charge on any atom is -0.345 e.